The molecular weight excluding hydrogens is 244 g/mol. The van der Waals surface area contributed by atoms with Gasteiger partial charge in [-0.05, 0) is 39.3 Å². The molecule has 0 saturated carbocycles. The molecule has 0 atom stereocenters. The summed E-state index contributed by atoms with van der Waals surface area (Å²) >= 11 is 0. The number of nitrogens with one attached hydrogen (secondary N) is 1. The fourth-order valence-corrected chi connectivity index (χ4v) is 1.50. The highest BCUT2D eigenvalue weighted by atomic mass is 16.4. The zero-order chi connectivity index (χ0) is 14.7. The number of aromatic nitrogens is 1. The Balaban J connectivity index is 2.74. The number of carboxylic acids is 1. The van der Waals surface area contributed by atoms with Crippen LogP contribution in [0.25, 0.3) is 0 Å². The monoisotopic (exact) mass is 264 g/mol. The summed E-state index contributed by atoms with van der Waals surface area (Å²) in [7, 11) is 0. The predicted molar refractivity (Wildman–Crippen MR) is 71.6 cm³/mol. The normalized spacial score (nSPS) is 12.0. The minimum Gasteiger partial charge on any atom is -0.481 e. The number of carbonyl (C=O) groups is 2. The summed E-state index contributed by atoms with van der Waals surface area (Å²) < 4.78 is 0. The van der Waals surface area contributed by atoms with Crippen molar-refractivity contribution in [2.75, 3.05) is 0 Å². The predicted octanol–water partition coefficient (Wildman–Crippen LogP) is 1.63. The van der Waals surface area contributed by atoms with Crippen LogP contribution in [0.1, 0.15) is 33.3 Å². The SMILES string of the molecule is CC(C)(NC(=O)Cc1cccnc1)C(C)(C)C(=O)O. The molecule has 19 heavy (non-hydrogen) atoms. The highest BCUT2D eigenvalue weighted by molar-refractivity contribution is 5.82. The van der Waals surface area contributed by atoms with Crippen LogP contribution < -0.4 is 5.32 Å². The first-order valence-corrected chi connectivity index (χ1v) is 6.10. The van der Waals surface area contributed by atoms with Gasteiger partial charge in [0.25, 0.3) is 0 Å². The molecule has 1 aromatic rings. The van der Waals surface area contributed by atoms with Crippen molar-refractivity contribution >= 4 is 11.9 Å². The molecule has 1 amide bonds. The van der Waals surface area contributed by atoms with Crippen molar-refractivity contribution in [1.82, 2.24) is 10.3 Å². The van der Waals surface area contributed by atoms with E-state index in [-0.39, 0.29) is 12.3 Å². The molecule has 5 nitrogen and oxygen atoms in total. The Bertz CT molecular complexity index is 467. The molecule has 0 aromatic carbocycles. The molecule has 5 heteroatoms. The number of carbonyl (C=O) groups excluding carboxylic acids is 1. The van der Waals surface area contributed by atoms with E-state index in [0.717, 1.165) is 5.56 Å². The molecule has 0 fully saturated rings. The Labute approximate surface area is 113 Å². The lowest BCUT2D eigenvalue weighted by Gasteiger charge is -2.38. The van der Waals surface area contributed by atoms with E-state index in [1.54, 1.807) is 46.2 Å². The van der Waals surface area contributed by atoms with Crippen LogP contribution in [0, 0.1) is 5.41 Å². The number of hydrogen-bond acceptors (Lipinski definition) is 3. The topological polar surface area (TPSA) is 79.3 Å². The minimum absolute atomic E-state index is 0.187. The van der Waals surface area contributed by atoms with Crippen LogP contribution in [0.4, 0.5) is 0 Å². The first-order valence-electron chi connectivity index (χ1n) is 6.10. The summed E-state index contributed by atoms with van der Waals surface area (Å²) in [5.74, 6) is -1.16. The lowest BCUT2D eigenvalue weighted by atomic mass is 9.74. The second-order valence-corrected chi connectivity index (χ2v) is 5.64. The Kier molecular flexibility index (Phi) is 4.29. The van der Waals surface area contributed by atoms with Crippen molar-refractivity contribution in [3.05, 3.63) is 30.1 Å². The van der Waals surface area contributed by atoms with E-state index in [2.05, 4.69) is 10.3 Å². The lowest BCUT2D eigenvalue weighted by molar-refractivity contribution is -0.151. The fourth-order valence-electron chi connectivity index (χ4n) is 1.50. The van der Waals surface area contributed by atoms with Crippen molar-refractivity contribution in [3.8, 4) is 0 Å². The van der Waals surface area contributed by atoms with Gasteiger partial charge in [-0.2, -0.15) is 0 Å². The summed E-state index contributed by atoms with van der Waals surface area (Å²) in [6.07, 6.45) is 3.45. The summed E-state index contributed by atoms with van der Waals surface area (Å²) in [6, 6.07) is 3.57. The maximum Gasteiger partial charge on any atom is 0.311 e. The first-order chi connectivity index (χ1) is 8.67. The van der Waals surface area contributed by atoms with Crippen molar-refractivity contribution in [1.29, 1.82) is 0 Å². The smallest absolute Gasteiger partial charge is 0.311 e. The van der Waals surface area contributed by atoms with Gasteiger partial charge < -0.3 is 10.4 Å². The summed E-state index contributed by atoms with van der Waals surface area (Å²) in [5, 5.41) is 12.0. The Morgan fingerprint density at radius 2 is 1.95 bits per heavy atom. The van der Waals surface area contributed by atoms with Gasteiger partial charge in [-0.3, -0.25) is 14.6 Å². The van der Waals surface area contributed by atoms with Gasteiger partial charge in [-0.25, -0.2) is 0 Å². The number of hydrogen-bond donors (Lipinski definition) is 2. The van der Waals surface area contributed by atoms with E-state index in [9.17, 15) is 14.7 Å². The molecule has 0 aliphatic carbocycles. The molecule has 0 saturated heterocycles. The Hall–Kier alpha value is -1.91. The second-order valence-electron chi connectivity index (χ2n) is 5.64. The summed E-state index contributed by atoms with van der Waals surface area (Å²) in [5.41, 5.74) is -1.11. The number of pyridine rings is 1. The van der Waals surface area contributed by atoms with Gasteiger partial charge in [0.15, 0.2) is 0 Å². The van der Waals surface area contributed by atoms with Gasteiger partial charge in [-0.1, -0.05) is 6.07 Å². The zero-order valence-electron chi connectivity index (χ0n) is 11.7. The van der Waals surface area contributed by atoms with Gasteiger partial charge in [-0.15, -0.1) is 0 Å². The molecule has 0 aliphatic heterocycles. The highest BCUT2D eigenvalue weighted by Gasteiger charge is 2.44. The van der Waals surface area contributed by atoms with Gasteiger partial charge >= 0.3 is 5.97 Å². The van der Waals surface area contributed by atoms with E-state index >= 15 is 0 Å². The van der Waals surface area contributed by atoms with Gasteiger partial charge in [0.2, 0.25) is 5.91 Å². The van der Waals surface area contributed by atoms with Gasteiger partial charge in [0.05, 0.1) is 11.8 Å². The van der Waals surface area contributed by atoms with Crippen molar-refractivity contribution in [2.45, 2.75) is 39.7 Å². The molecule has 0 aliphatic rings. The summed E-state index contributed by atoms with van der Waals surface area (Å²) in [4.78, 5) is 27.1. The van der Waals surface area contributed by atoms with E-state index in [1.807, 2.05) is 6.07 Å². The lowest BCUT2D eigenvalue weighted by Crippen LogP contribution is -2.57. The number of rotatable bonds is 5. The molecule has 104 valence electrons. The standard InChI is InChI=1S/C14H20N2O3/c1-13(2,12(18)19)14(3,4)16-11(17)8-10-6-5-7-15-9-10/h5-7,9H,8H2,1-4H3,(H,16,17)(H,18,19). The Morgan fingerprint density at radius 3 is 2.42 bits per heavy atom. The molecule has 0 bridgehead atoms. The van der Waals surface area contributed by atoms with E-state index in [1.165, 1.54) is 0 Å². The summed E-state index contributed by atoms with van der Waals surface area (Å²) in [6.45, 7) is 6.61. The first kappa shape index (κ1) is 15.1. The van der Waals surface area contributed by atoms with Crippen molar-refractivity contribution in [3.63, 3.8) is 0 Å². The van der Waals surface area contributed by atoms with E-state index < -0.39 is 16.9 Å². The number of aliphatic carboxylic acids is 1. The van der Waals surface area contributed by atoms with Crippen LogP contribution in [-0.4, -0.2) is 27.5 Å². The molecular formula is C14H20N2O3. The molecule has 0 spiro atoms. The van der Waals surface area contributed by atoms with E-state index in [0.29, 0.717) is 0 Å². The molecule has 0 unspecified atom stereocenters. The maximum atomic E-state index is 12.0. The van der Waals surface area contributed by atoms with Crippen LogP contribution in [0.5, 0.6) is 0 Å². The van der Waals surface area contributed by atoms with Crippen LogP contribution in [0.15, 0.2) is 24.5 Å². The van der Waals surface area contributed by atoms with Gasteiger partial charge in [0, 0.05) is 17.9 Å². The number of carboxylic acid groups (broad SMARTS) is 1. The fraction of sp³-hybridized carbons (Fsp3) is 0.500. The zero-order valence-corrected chi connectivity index (χ0v) is 11.7. The molecule has 1 heterocycles. The number of nitrogens with zero attached hydrogens (tertiary/aromatic N) is 1. The third-order valence-electron chi connectivity index (χ3n) is 3.64. The molecule has 0 radical (unpaired) electrons. The van der Waals surface area contributed by atoms with Gasteiger partial charge in [0.1, 0.15) is 0 Å². The average molecular weight is 264 g/mol. The molecule has 2 N–H and O–H groups in total. The van der Waals surface area contributed by atoms with Crippen LogP contribution >= 0.6 is 0 Å². The third-order valence-corrected chi connectivity index (χ3v) is 3.64. The highest BCUT2D eigenvalue weighted by Crippen LogP contribution is 2.30. The van der Waals surface area contributed by atoms with Crippen molar-refractivity contribution in [2.24, 2.45) is 5.41 Å². The van der Waals surface area contributed by atoms with E-state index in [4.69, 9.17) is 0 Å². The maximum absolute atomic E-state index is 12.0. The van der Waals surface area contributed by atoms with Crippen LogP contribution in [0.2, 0.25) is 0 Å². The third kappa shape index (κ3) is 3.53. The molecule has 1 aromatic heterocycles. The largest absolute Gasteiger partial charge is 0.481 e. The Morgan fingerprint density at radius 1 is 1.32 bits per heavy atom. The average Bonchev–Trinajstić information content (AvgIpc) is 2.28. The van der Waals surface area contributed by atoms with Crippen molar-refractivity contribution < 1.29 is 14.7 Å². The minimum atomic E-state index is -1.06. The number of amides is 1. The quantitative estimate of drug-likeness (QED) is 0.847. The van der Waals surface area contributed by atoms with Crippen LogP contribution in [0.3, 0.4) is 0 Å². The van der Waals surface area contributed by atoms with Crippen LogP contribution in [-0.2, 0) is 16.0 Å². The molecule has 1 rings (SSSR count). The second kappa shape index (κ2) is 5.38.